The van der Waals surface area contributed by atoms with Gasteiger partial charge < -0.3 is 24.2 Å². The van der Waals surface area contributed by atoms with Gasteiger partial charge in [-0.15, -0.1) is 0 Å². The topological polar surface area (TPSA) is 204 Å². The van der Waals surface area contributed by atoms with Crippen LogP contribution in [-0.2, 0) is 32.2 Å². The molecule has 0 radical (unpaired) electrons. The van der Waals surface area contributed by atoms with Crippen LogP contribution in [0.1, 0.15) is 25.1 Å². The second kappa shape index (κ2) is 8.39. The smallest absolute Gasteiger partial charge is 0.460 e. The zero-order chi connectivity index (χ0) is 21.3. The van der Waals surface area contributed by atoms with Gasteiger partial charge in [0.25, 0.3) is 5.56 Å². The monoisotopic (exact) mass is 444 g/mol. The number of nitrogens with one attached hydrogen (secondary N) is 1. The number of aromatic amines is 1. The van der Waals surface area contributed by atoms with Crippen LogP contribution in [0.25, 0.3) is 0 Å². The van der Waals surface area contributed by atoms with E-state index in [1.54, 1.807) is 0 Å². The van der Waals surface area contributed by atoms with Crippen molar-refractivity contribution in [3.8, 4) is 0 Å². The van der Waals surface area contributed by atoms with E-state index >= 15 is 0 Å². The highest BCUT2D eigenvalue weighted by Crippen LogP contribution is 2.57. The molecule has 1 aliphatic heterocycles. The Balaban J connectivity index is 2.19. The van der Waals surface area contributed by atoms with Gasteiger partial charge in [-0.1, -0.05) is 0 Å². The van der Waals surface area contributed by atoms with Gasteiger partial charge in [-0.05, 0) is 6.92 Å². The lowest BCUT2D eigenvalue weighted by Crippen LogP contribution is -2.33. The molecule has 16 heteroatoms. The molecule has 158 valence electrons. The molecule has 1 fully saturated rings. The fourth-order valence-electron chi connectivity index (χ4n) is 2.48. The van der Waals surface area contributed by atoms with Crippen molar-refractivity contribution < 1.29 is 46.9 Å². The van der Waals surface area contributed by atoms with E-state index in [0.717, 1.165) is 11.5 Å². The Kier molecular flexibility index (Phi) is 6.79. The van der Waals surface area contributed by atoms with Crippen molar-refractivity contribution in [3.63, 3.8) is 0 Å². The molecule has 2 rings (SSSR count). The van der Waals surface area contributed by atoms with Gasteiger partial charge in [-0.2, -0.15) is 4.31 Å². The van der Waals surface area contributed by atoms with E-state index in [4.69, 9.17) is 19.3 Å². The van der Waals surface area contributed by atoms with E-state index in [1.165, 1.54) is 13.1 Å². The normalized spacial score (nSPS) is 24.7. The largest absolute Gasteiger partial charge is 0.481 e. The van der Waals surface area contributed by atoms with E-state index in [1.807, 2.05) is 0 Å². The fourth-order valence-corrected chi connectivity index (χ4v) is 4.08. The summed E-state index contributed by atoms with van der Waals surface area (Å²) in [4.78, 5) is 63.3. The molecule has 0 spiro atoms. The molecule has 1 aromatic rings. The van der Waals surface area contributed by atoms with Gasteiger partial charge >= 0.3 is 27.3 Å². The first-order valence-corrected chi connectivity index (χ1v) is 10.7. The van der Waals surface area contributed by atoms with Crippen LogP contribution < -0.4 is 11.2 Å². The molecule has 0 bridgehead atoms. The summed E-state index contributed by atoms with van der Waals surface area (Å²) in [7, 11) is -10.4. The zero-order valence-electron chi connectivity index (χ0n) is 14.6. The first-order chi connectivity index (χ1) is 12.8. The minimum atomic E-state index is -5.31. The lowest BCUT2D eigenvalue weighted by Gasteiger charge is -2.20. The number of esters is 1. The summed E-state index contributed by atoms with van der Waals surface area (Å²) < 4.78 is 42.0. The molecule has 28 heavy (non-hydrogen) atoms. The number of hydrogen-bond acceptors (Lipinski definition) is 9. The Morgan fingerprint density at radius 2 is 2.00 bits per heavy atom. The molecule has 0 aromatic carbocycles. The number of carbonyl (C=O) groups is 1. The highest BCUT2D eigenvalue weighted by Gasteiger charge is 2.41. The predicted octanol–water partition coefficient (Wildman–Crippen LogP) is -0.709. The van der Waals surface area contributed by atoms with E-state index in [-0.39, 0.29) is 12.0 Å². The van der Waals surface area contributed by atoms with Crippen LogP contribution in [0, 0.1) is 6.92 Å². The number of aryl methyl sites for hydroxylation is 1. The number of H-pyrrole nitrogens is 1. The van der Waals surface area contributed by atoms with Crippen LogP contribution in [-0.4, -0.2) is 49.0 Å². The fraction of sp³-hybridized carbons (Fsp3) is 0.583. The third-order valence-corrected chi connectivity index (χ3v) is 5.72. The summed E-state index contributed by atoms with van der Waals surface area (Å²) in [5.41, 5.74) is -1.17. The number of phosphoric ester groups is 1. The summed E-state index contributed by atoms with van der Waals surface area (Å²) >= 11 is 0. The molecular formula is C12H18N2O12P2. The quantitative estimate of drug-likeness (QED) is 0.304. The number of phosphoric acid groups is 2. The summed E-state index contributed by atoms with van der Waals surface area (Å²) in [5, 5.41) is 0. The summed E-state index contributed by atoms with van der Waals surface area (Å²) in [5.74, 6) is -0.706. The maximum Gasteiger partial charge on any atom is 0.481 e. The molecule has 2 heterocycles. The Bertz CT molecular complexity index is 949. The summed E-state index contributed by atoms with van der Waals surface area (Å²) in [6.45, 7) is 1.81. The van der Waals surface area contributed by atoms with Gasteiger partial charge in [-0.3, -0.25) is 23.7 Å². The summed E-state index contributed by atoms with van der Waals surface area (Å²) in [6, 6.07) is 0. The van der Waals surface area contributed by atoms with Crippen molar-refractivity contribution in [1.82, 2.24) is 9.55 Å². The van der Waals surface area contributed by atoms with E-state index < -0.39 is 57.9 Å². The Hall–Kier alpha value is -1.63. The third-order valence-electron chi connectivity index (χ3n) is 3.57. The highest BCUT2D eigenvalue weighted by molar-refractivity contribution is 7.60. The second-order valence-corrected chi connectivity index (χ2v) is 8.66. The number of carbonyl (C=O) groups excluding carboxylic acids is 1. The minimum absolute atomic E-state index is 0.0614. The second-order valence-electron chi connectivity index (χ2n) is 5.83. The van der Waals surface area contributed by atoms with Gasteiger partial charge in [0.1, 0.15) is 18.4 Å². The maximum absolute atomic E-state index is 12.0. The number of ether oxygens (including phenoxy) is 2. The van der Waals surface area contributed by atoms with Crippen molar-refractivity contribution in [2.75, 3.05) is 6.61 Å². The number of rotatable bonds is 7. The average Bonchev–Trinajstić information content (AvgIpc) is 2.88. The van der Waals surface area contributed by atoms with Gasteiger partial charge in [0.05, 0.1) is 6.61 Å². The molecule has 0 amide bonds. The average molecular weight is 444 g/mol. The SMILES string of the molecule is CC(=O)OC1CC(n2cc(C)c(=O)[nH]c2=O)OC1COP(=O)(O)OP(=O)(O)O. The van der Waals surface area contributed by atoms with Crippen LogP contribution >= 0.6 is 15.6 Å². The predicted molar refractivity (Wildman–Crippen MR) is 89.0 cm³/mol. The van der Waals surface area contributed by atoms with E-state index in [0.29, 0.717) is 0 Å². The van der Waals surface area contributed by atoms with E-state index in [9.17, 15) is 28.4 Å². The maximum atomic E-state index is 12.0. The van der Waals surface area contributed by atoms with Crippen LogP contribution in [0.5, 0.6) is 0 Å². The van der Waals surface area contributed by atoms with Gasteiger partial charge in [-0.25, -0.2) is 13.9 Å². The molecule has 0 saturated carbocycles. The van der Waals surface area contributed by atoms with Crippen molar-refractivity contribution in [2.24, 2.45) is 0 Å². The zero-order valence-corrected chi connectivity index (χ0v) is 16.4. The molecule has 14 nitrogen and oxygen atoms in total. The number of nitrogens with zero attached hydrogens (tertiary/aromatic N) is 1. The van der Waals surface area contributed by atoms with Crippen molar-refractivity contribution in [1.29, 1.82) is 0 Å². The van der Waals surface area contributed by atoms with E-state index in [2.05, 4.69) is 13.8 Å². The van der Waals surface area contributed by atoms with Crippen LogP contribution in [0.2, 0.25) is 0 Å². The Morgan fingerprint density at radius 1 is 1.36 bits per heavy atom. The van der Waals surface area contributed by atoms with Gasteiger partial charge in [0.15, 0.2) is 0 Å². The molecule has 4 atom stereocenters. The molecular weight excluding hydrogens is 426 g/mol. The first kappa shape index (κ1) is 22.7. The third kappa shape index (κ3) is 6.19. The van der Waals surface area contributed by atoms with Crippen molar-refractivity contribution >= 4 is 21.6 Å². The highest BCUT2D eigenvalue weighted by atomic mass is 31.3. The van der Waals surface area contributed by atoms with Crippen LogP contribution in [0.4, 0.5) is 0 Å². The molecule has 4 unspecified atom stereocenters. The van der Waals surface area contributed by atoms with Crippen molar-refractivity contribution in [2.45, 2.75) is 38.7 Å². The Labute approximate surface area is 156 Å². The lowest BCUT2D eigenvalue weighted by atomic mass is 10.2. The van der Waals surface area contributed by atoms with Gasteiger partial charge in [0.2, 0.25) is 0 Å². The van der Waals surface area contributed by atoms with Crippen molar-refractivity contribution in [3.05, 3.63) is 32.6 Å². The van der Waals surface area contributed by atoms with Crippen LogP contribution in [0.15, 0.2) is 15.8 Å². The molecule has 1 aliphatic rings. The molecule has 0 aliphatic carbocycles. The first-order valence-electron chi connectivity index (χ1n) is 7.66. The number of aromatic nitrogens is 2. The molecule has 1 saturated heterocycles. The molecule has 4 N–H and O–H groups in total. The molecule has 1 aromatic heterocycles. The minimum Gasteiger partial charge on any atom is -0.460 e. The van der Waals surface area contributed by atoms with Gasteiger partial charge in [0, 0.05) is 25.1 Å². The number of hydrogen-bond donors (Lipinski definition) is 4. The van der Waals surface area contributed by atoms with Crippen LogP contribution in [0.3, 0.4) is 0 Å². The lowest BCUT2D eigenvalue weighted by molar-refractivity contribution is -0.150. The summed E-state index contributed by atoms with van der Waals surface area (Å²) in [6.07, 6.45) is -2.03. The standard InChI is InChI=1S/C12H18N2O12P2/c1-6-4-14(12(17)13-11(6)16)10-3-8(24-7(2)15)9(25-10)5-23-28(21,22)26-27(18,19)20/h4,8-10H,3,5H2,1-2H3,(H,21,22)(H,13,16,17)(H2,18,19,20). The Morgan fingerprint density at radius 3 is 2.57 bits per heavy atom.